The lowest BCUT2D eigenvalue weighted by atomic mass is 10.0. The van der Waals surface area contributed by atoms with Crippen LogP contribution in [0.25, 0.3) is 10.8 Å². The zero-order valence-corrected chi connectivity index (χ0v) is 24.2. The molecule has 0 aliphatic heterocycles. The first-order chi connectivity index (χ1) is 20.5. The Morgan fingerprint density at radius 1 is 0.357 bits per heavy atom. The van der Waals surface area contributed by atoms with E-state index in [1.54, 1.807) is 13.8 Å². The fourth-order valence-corrected chi connectivity index (χ4v) is 4.51. The summed E-state index contributed by atoms with van der Waals surface area (Å²) in [7, 11) is 0. The molecule has 0 radical (unpaired) electrons. The number of ketones is 2. The average Bonchev–Trinajstić information content (AvgIpc) is 3.03. The number of hydrogen-bond donors (Lipinski definition) is 0. The smallest absolute Gasteiger partial charge is 0.159 e. The molecule has 0 aromatic heterocycles. The van der Waals surface area contributed by atoms with E-state index >= 15 is 0 Å². The lowest BCUT2D eigenvalue weighted by molar-refractivity contribution is 0.100. The molecule has 0 fully saturated rings. The van der Waals surface area contributed by atoms with Crippen molar-refractivity contribution in [3.8, 4) is 0 Å². The van der Waals surface area contributed by atoms with Crippen molar-refractivity contribution in [3.63, 3.8) is 0 Å². The molecule has 208 valence electrons. The van der Waals surface area contributed by atoms with E-state index in [-0.39, 0.29) is 11.6 Å². The van der Waals surface area contributed by atoms with E-state index in [1.165, 1.54) is 33.0 Å². The number of rotatable bonds is 6. The summed E-state index contributed by atoms with van der Waals surface area (Å²) in [4.78, 5) is 22.2. The third-order valence-electron chi connectivity index (χ3n) is 6.88. The van der Waals surface area contributed by atoms with Crippen molar-refractivity contribution in [1.82, 2.24) is 0 Å². The van der Waals surface area contributed by atoms with Gasteiger partial charge in [-0.2, -0.15) is 0 Å². The number of fused-ring (bicyclic) bond motifs is 1. The molecule has 0 aliphatic rings. The molecule has 0 atom stereocenters. The monoisotopic (exact) mass is 548 g/mol. The second-order valence-corrected chi connectivity index (χ2v) is 10.2. The van der Waals surface area contributed by atoms with Gasteiger partial charge in [0.1, 0.15) is 0 Å². The van der Waals surface area contributed by atoms with E-state index in [0.29, 0.717) is 0 Å². The summed E-state index contributed by atoms with van der Waals surface area (Å²) in [5, 5.41) is 2.62. The van der Waals surface area contributed by atoms with Gasteiger partial charge in [-0.3, -0.25) is 9.59 Å². The maximum atomic E-state index is 11.1. The third-order valence-corrected chi connectivity index (χ3v) is 6.88. The van der Waals surface area contributed by atoms with Crippen LogP contribution >= 0.6 is 0 Å². The van der Waals surface area contributed by atoms with E-state index < -0.39 is 0 Å². The topological polar surface area (TPSA) is 34.1 Å². The molecule has 0 bridgehead atoms. The minimum atomic E-state index is 0.117. The van der Waals surface area contributed by atoms with Crippen LogP contribution in [0.4, 0.5) is 0 Å². The third kappa shape index (κ3) is 9.53. The Kier molecular flexibility index (Phi) is 11.1. The predicted molar refractivity (Wildman–Crippen MR) is 175 cm³/mol. The normalized spacial score (nSPS) is 10.0. The Bertz CT molecular complexity index is 1520. The first-order valence-electron chi connectivity index (χ1n) is 14.2. The molecule has 6 rings (SSSR count). The van der Waals surface area contributed by atoms with Crippen LogP contribution < -0.4 is 0 Å². The van der Waals surface area contributed by atoms with Gasteiger partial charge in [0.15, 0.2) is 11.6 Å². The van der Waals surface area contributed by atoms with Crippen LogP contribution in [0.15, 0.2) is 158 Å². The van der Waals surface area contributed by atoms with Gasteiger partial charge in [-0.05, 0) is 59.7 Å². The first-order valence-corrected chi connectivity index (χ1v) is 14.2. The molecule has 0 saturated carbocycles. The Balaban J connectivity index is 0.000000149. The van der Waals surface area contributed by atoms with Crippen molar-refractivity contribution in [2.24, 2.45) is 0 Å². The van der Waals surface area contributed by atoms with Crippen molar-refractivity contribution in [1.29, 1.82) is 0 Å². The second kappa shape index (κ2) is 15.6. The maximum absolute atomic E-state index is 11.1. The number of hydrogen-bond acceptors (Lipinski definition) is 2. The van der Waals surface area contributed by atoms with Gasteiger partial charge in [-0.25, -0.2) is 0 Å². The van der Waals surface area contributed by atoms with Gasteiger partial charge in [0.05, 0.1) is 0 Å². The standard InChI is InChI=1S/2C15H14O.C10H8/c2*1-12(16)15-9-7-14(8-10-15)11-13-5-3-2-4-6-13;1-2-6-10-8-4-3-7-9(10)5-1/h2*2-10H,11H2,1H3;1-8H. The molecule has 0 heterocycles. The molecule has 0 unspecified atom stereocenters. The van der Waals surface area contributed by atoms with Crippen LogP contribution in [0, 0.1) is 0 Å². The van der Waals surface area contributed by atoms with Gasteiger partial charge in [-0.1, -0.05) is 158 Å². The fourth-order valence-electron chi connectivity index (χ4n) is 4.51. The molecule has 42 heavy (non-hydrogen) atoms. The largest absolute Gasteiger partial charge is 0.295 e. The molecule has 6 aromatic carbocycles. The summed E-state index contributed by atoms with van der Waals surface area (Å²) in [6.07, 6.45) is 1.83. The maximum Gasteiger partial charge on any atom is 0.159 e. The van der Waals surface area contributed by atoms with E-state index in [1.807, 2.05) is 84.9 Å². The highest BCUT2D eigenvalue weighted by Crippen LogP contribution is 2.13. The lowest BCUT2D eigenvalue weighted by Gasteiger charge is -2.02. The average molecular weight is 549 g/mol. The minimum absolute atomic E-state index is 0.117. The highest BCUT2D eigenvalue weighted by Gasteiger charge is 2.01. The van der Waals surface area contributed by atoms with Crippen molar-refractivity contribution in [3.05, 3.63) is 191 Å². The highest BCUT2D eigenvalue weighted by atomic mass is 16.1. The molecule has 0 saturated heterocycles. The first kappa shape index (κ1) is 29.9. The van der Waals surface area contributed by atoms with Gasteiger partial charge < -0.3 is 0 Å². The Morgan fingerprint density at radius 3 is 0.905 bits per heavy atom. The van der Waals surface area contributed by atoms with Crippen LogP contribution in [0.5, 0.6) is 0 Å². The second-order valence-electron chi connectivity index (χ2n) is 10.2. The van der Waals surface area contributed by atoms with Crippen LogP contribution in [0.2, 0.25) is 0 Å². The van der Waals surface area contributed by atoms with Gasteiger partial charge in [0.25, 0.3) is 0 Å². The van der Waals surface area contributed by atoms with E-state index in [2.05, 4.69) is 72.8 Å². The van der Waals surface area contributed by atoms with Gasteiger partial charge in [0, 0.05) is 11.1 Å². The van der Waals surface area contributed by atoms with Crippen molar-refractivity contribution >= 4 is 22.3 Å². The lowest BCUT2D eigenvalue weighted by Crippen LogP contribution is -1.93. The summed E-state index contributed by atoms with van der Waals surface area (Å²) < 4.78 is 0. The number of Topliss-reactive ketones (excluding diaryl/α,β-unsaturated/α-hetero) is 2. The zero-order valence-electron chi connectivity index (χ0n) is 24.2. The van der Waals surface area contributed by atoms with Gasteiger partial charge in [0.2, 0.25) is 0 Å². The quantitative estimate of drug-likeness (QED) is 0.194. The van der Waals surface area contributed by atoms with Crippen molar-refractivity contribution in [2.45, 2.75) is 26.7 Å². The molecule has 0 N–H and O–H groups in total. The molecule has 2 heteroatoms. The molecule has 0 amide bonds. The summed E-state index contributed by atoms with van der Waals surface area (Å²) in [5.41, 5.74) is 6.59. The fraction of sp³-hybridized carbons (Fsp3) is 0.100. The summed E-state index contributed by atoms with van der Waals surface area (Å²) in [6.45, 7) is 3.18. The van der Waals surface area contributed by atoms with Gasteiger partial charge in [-0.15, -0.1) is 0 Å². The minimum Gasteiger partial charge on any atom is -0.295 e. The zero-order chi connectivity index (χ0) is 29.6. The Labute approximate surface area is 249 Å². The number of carbonyl (C=O) groups is 2. The summed E-state index contributed by atoms with van der Waals surface area (Å²) in [6, 6.07) is 53.0. The van der Waals surface area contributed by atoms with Crippen LogP contribution in [-0.2, 0) is 12.8 Å². The van der Waals surface area contributed by atoms with Crippen LogP contribution in [0.1, 0.15) is 56.8 Å². The van der Waals surface area contributed by atoms with Crippen molar-refractivity contribution < 1.29 is 9.59 Å². The van der Waals surface area contributed by atoms with E-state index in [0.717, 1.165) is 24.0 Å². The number of carbonyl (C=O) groups excluding carboxylic acids is 2. The Morgan fingerprint density at radius 2 is 0.619 bits per heavy atom. The molecular formula is C40H36O2. The highest BCUT2D eigenvalue weighted by molar-refractivity contribution is 5.94. The van der Waals surface area contributed by atoms with E-state index in [4.69, 9.17) is 0 Å². The molecular weight excluding hydrogens is 512 g/mol. The SMILES string of the molecule is CC(=O)c1ccc(Cc2ccccc2)cc1.CC(=O)c1ccc(Cc2ccccc2)cc1.c1ccc2ccccc2c1. The molecule has 0 spiro atoms. The van der Waals surface area contributed by atoms with Crippen LogP contribution in [-0.4, -0.2) is 11.6 Å². The summed E-state index contributed by atoms with van der Waals surface area (Å²) in [5.74, 6) is 0.234. The Hall–Kier alpha value is -5.08. The predicted octanol–water partition coefficient (Wildman–Crippen LogP) is 9.80. The molecule has 2 nitrogen and oxygen atoms in total. The number of benzene rings is 6. The molecule has 6 aromatic rings. The molecule has 0 aliphatic carbocycles. The van der Waals surface area contributed by atoms with E-state index in [9.17, 15) is 9.59 Å². The van der Waals surface area contributed by atoms with Crippen molar-refractivity contribution in [2.75, 3.05) is 0 Å². The van der Waals surface area contributed by atoms with Gasteiger partial charge >= 0.3 is 0 Å². The van der Waals surface area contributed by atoms with Crippen LogP contribution in [0.3, 0.4) is 0 Å². The summed E-state index contributed by atoms with van der Waals surface area (Å²) >= 11 is 0.